The number of carbonyl (C=O) groups is 2. The van der Waals surface area contributed by atoms with Crippen LogP contribution in [0.1, 0.15) is 37.7 Å². The van der Waals surface area contributed by atoms with Crippen LogP contribution in [0.15, 0.2) is 18.2 Å². The number of aliphatic hydroxyl groups excluding tert-OH is 1. The maximum absolute atomic E-state index is 12.4. The van der Waals surface area contributed by atoms with Crippen molar-refractivity contribution in [1.82, 2.24) is 4.90 Å². The van der Waals surface area contributed by atoms with Crippen LogP contribution in [0, 0.1) is 0 Å². The fourth-order valence-corrected chi connectivity index (χ4v) is 3.35. The minimum atomic E-state index is -0.202. The minimum Gasteiger partial charge on any atom is -0.494 e. The monoisotopic (exact) mass is 362 g/mol. The largest absolute Gasteiger partial charge is 0.494 e. The molecule has 2 amide bonds. The Morgan fingerprint density at radius 2 is 2.27 bits per heavy atom. The van der Waals surface area contributed by atoms with Crippen LogP contribution in [0.3, 0.4) is 0 Å². The highest BCUT2D eigenvalue weighted by Gasteiger charge is 2.26. The fourth-order valence-electron chi connectivity index (χ4n) is 3.35. The average molecular weight is 362 g/mol. The van der Waals surface area contributed by atoms with Gasteiger partial charge in [0.05, 0.1) is 13.2 Å². The Bertz CT molecular complexity index is 643. The lowest BCUT2D eigenvalue weighted by molar-refractivity contribution is -0.143. The summed E-state index contributed by atoms with van der Waals surface area (Å²) in [5.41, 5.74) is 1.92. The van der Waals surface area contributed by atoms with Gasteiger partial charge in [-0.2, -0.15) is 0 Å². The van der Waals surface area contributed by atoms with Crippen LogP contribution >= 0.6 is 0 Å². The molecule has 1 aromatic rings. The van der Waals surface area contributed by atoms with Gasteiger partial charge in [0.15, 0.2) is 0 Å². The molecule has 0 radical (unpaired) electrons. The van der Waals surface area contributed by atoms with Gasteiger partial charge in [-0.3, -0.25) is 9.59 Å². The number of fused-ring (bicyclic) bond motifs is 1. The van der Waals surface area contributed by atoms with Crippen molar-refractivity contribution in [2.45, 2.75) is 44.8 Å². The zero-order valence-corrected chi connectivity index (χ0v) is 14.9. The molecule has 0 bridgehead atoms. The Hall–Kier alpha value is -2.12. The second-order valence-electron chi connectivity index (χ2n) is 6.60. The van der Waals surface area contributed by atoms with Crippen molar-refractivity contribution in [1.29, 1.82) is 0 Å². The fraction of sp³-hybridized carbons (Fsp3) is 0.579. The van der Waals surface area contributed by atoms with E-state index in [9.17, 15) is 14.7 Å². The molecular weight excluding hydrogens is 336 g/mol. The molecule has 0 spiro atoms. The predicted octanol–water partition coefficient (Wildman–Crippen LogP) is 1.69. The van der Waals surface area contributed by atoms with E-state index in [1.165, 1.54) is 0 Å². The molecule has 1 aromatic carbocycles. The predicted molar refractivity (Wildman–Crippen MR) is 95.9 cm³/mol. The highest BCUT2D eigenvalue weighted by molar-refractivity contribution is 5.94. The molecule has 1 saturated heterocycles. The molecule has 2 N–H and O–H groups in total. The van der Waals surface area contributed by atoms with E-state index >= 15 is 0 Å². The van der Waals surface area contributed by atoms with Crippen LogP contribution in [-0.4, -0.2) is 54.4 Å². The molecule has 0 aromatic heterocycles. The van der Waals surface area contributed by atoms with Gasteiger partial charge in [-0.25, -0.2) is 0 Å². The number of ether oxygens (including phenoxy) is 2. The van der Waals surface area contributed by atoms with Gasteiger partial charge in [-0.1, -0.05) is 0 Å². The zero-order chi connectivity index (χ0) is 18.4. The van der Waals surface area contributed by atoms with E-state index in [2.05, 4.69) is 5.32 Å². The number of aryl methyl sites for hydroxylation is 1. The van der Waals surface area contributed by atoms with E-state index in [-0.39, 0.29) is 24.6 Å². The minimum absolute atomic E-state index is 0.0114. The molecular formula is C19H26N2O5. The van der Waals surface area contributed by atoms with Gasteiger partial charge in [0, 0.05) is 31.7 Å². The third-order valence-electron chi connectivity index (χ3n) is 4.69. The summed E-state index contributed by atoms with van der Waals surface area (Å²) in [5.74, 6) is 0.782. The first-order valence-corrected chi connectivity index (χ1v) is 9.25. The summed E-state index contributed by atoms with van der Waals surface area (Å²) in [4.78, 5) is 25.4. The Labute approximate surface area is 153 Å². The van der Waals surface area contributed by atoms with Crippen molar-refractivity contribution in [2.75, 3.05) is 31.7 Å². The lowest BCUT2D eigenvalue weighted by atomic mass is 10.0. The quantitative estimate of drug-likeness (QED) is 0.687. The van der Waals surface area contributed by atoms with Crippen molar-refractivity contribution >= 4 is 17.5 Å². The van der Waals surface area contributed by atoms with Crippen LogP contribution in [0.2, 0.25) is 0 Å². The maximum Gasteiger partial charge on any atom is 0.224 e. The summed E-state index contributed by atoms with van der Waals surface area (Å²) < 4.78 is 11.3. The van der Waals surface area contributed by atoms with Crippen LogP contribution < -0.4 is 10.1 Å². The Kier molecular flexibility index (Phi) is 6.46. The molecule has 7 nitrogen and oxygen atoms in total. The molecule has 1 unspecified atom stereocenters. The number of rotatable bonds is 8. The molecule has 142 valence electrons. The smallest absolute Gasteiger partial charge is 0.224 e. The summed E-state index contributed by atoms with van der Waals surface area (Å²) in [5, 5.41) is 12.0. The molecule has 26 heavy (non-hydrogen) atoms. The van der Waals surface area contributed by atoms with Gasteiger partial charge < -0.3 is 24.8 Å². The normalized spacial score (nSPS) is 19.0. The van der Waals surface area contributed by atoms with Crippen molar-refractivity contribution in [3.63, 3.8) is 0 Å². The highest BCUT2D eigenvalue weighted by atomic mass is 16.5. The Morgan fingerprint density at radius 3 is 3.04 bits per heavy atom. The lowest BCUT2D eigenvalue weighted by Crippen LogP contribution is -2.41. The zero-order valence-electron chi connectivity index (χ0n) is 14.9. The van der Waals surface area contributed by atoms with Crippen LogP contribution in [-0.2, 0) is 20.7 Å². The molecule has 2 heterocycles. The van der Waals surface area contributed by atoms with Gasteiger partial charge in [0.25, 0.3) is 0 Å². The number of benzene rings is 1. The second kappa shape index (κ2) is 9.00. The summed E-state index contributed by atoms with van der Waals surface area (Å²) in [7, 11) is 0. The Morgan fingerprint density at radius 1 is 1.38 bits per heavy atom. The van der Waals surface area contributed by atoms with Crippen molar-refractivity contribution < 1.29 is 24.2 Å². The van der Waals surface area contributed by atoms with Gasteiger partial charge in [-0.15, -0.1) is 0 Å². The number of anilines is 1. The first-order chi connectivity index (χ1) is 12.7. The van der Waals surface area contributed by atoms with E-state index in [1.807, 2.05) is 18.2 Å². The summed E-state index contributed by atoms with van der Waals surface area (Å²) in [6.45, 7) is 1.35. The second-order valence-corrected chi connectivity index (χ2v) is 6.60. The van der Waals surface area contributed by atoms with Crippen LogP contribution in [0.5, 0.6) is 5.75 Å². The number of aliphatic hydroxyl groups is 1. The van der Waals surface area contributed by atoms with Crippen molar-refractivity contribution in [2.24, 2.45) is 0 Å². The number of hydrogen-bond donors (Lipinski definition) is 2. The first-order valence-electron chi connectivity index (χ1n) is 9.25. The van der Waals surface area contributed by atoms with Crippen molar-refractivity contribution in [3.8, 4) is 5.75 Å². The lowest BCUT2D eigenvalue weighted by Gasteiger charge is -2.27. The highest BCUT2D eigenvalue weighted by Crippen LogP contribution is 2.27. The third kappa shape index (κ3) is 4.74. The number of amides is 2. The average Bonchev–Trinajstić information content (AvgIpc) is 3.17. The topological polar surface area (TPSA) is 88.1 Å². The number of nitrogens with one attached hydrogen (secondary N) is 1. The number of nitrogens with zero attached hydrogens (tertiary/aromatic N) is 1. The van der Waals surface area contributed by atoms with E-state index in [4.69, 9.17) is 9.47 Å². The molecule has 1 fully saturated rings. The summed E-state index contributed by atoms with van der Waals surface area (Å²) in [6.07, 6.45) is 3.74. The molecule has 2 aliphatic rings. The summed E-state index contributed by atoms with van der Waals surface area (Å²) in [6, 6.07) is 5.63. The molecule has 2 aliphatic heterocycles. The van der Waals surface area contributed by atoms with Crippen molar-refractivity contribution in [3.05, 3.63) is 23.8 Å². The molecule has 0 saturated carbocycles. The third-order valence-corrected chi connectivity index (χ3v) is 4.69. The SMILES string of the molecule is O=C1CCc2cc(OCCCC(=O)N(CCO)C3CCCO3)ccc2N1. The van der Waals surface area contributed by atoms with Gasteiger partial charge in [0.2, 0.25) is 11.8 Å². The number of carbonyl (C=O) groups excluding carboxylic acids is 2. The van der Waals surface area contributed by atoms with Gasteiger partial charge in [-0.05, 0) is 49.4 Å². The van der Waals surface area contributed by atoms with E-state index in [1.54, 1.807) is 4.90 Å². The van der Waals surface area contributed by atoms with Crippen LogP contribution in [0.25, 0.3) is 0 Å². The Balaban J connectivity index is 1.44. The molecule has 3 rings (SSSR count). The summed E-state index contributed by atoms with van der Waals surface area (Å²) >= 11 is 0. The van der Waals surface area contributed by atoms with E-state index in [0.29, 0.717) is 45.4 Å². The first kappa shape index (κ1) is 18.7. The van der Waals surface area contributed by atoms with Gasteiger partial charge >= 0.3 is 0 Å². The molecule has 7 heteroatoms. The maximum atomic E-state index is 12.4. The number of hydrogen-bond acceptors (Lipinski definition) is 5. The molecule has 1 atom stereocenters. The van der Waals surface area contributed by atoms with Crippen LogP contribution in [0.4, 0.5) is 5.69 Å². The standard InChI is InChI=1S/C19H26N2O5/c22-10-9-21(19-4-2-12-26-19)18(24)3-1-11-25-15-6-7-16-14(13-15)5-8-17(23)20-16/h6-7,13,19,22H,1-5,8-12H2,(H,20,23). The van der Waals surface area contributed by atoms with Gasteiger partial charge in [0.1, 0.15) is 12.0 Å². The van der Waals surface area contributed by atoms with E-state index < -0.39 is 0 Å². The van der Waals surface area contributed by atoms with E-state index in [0.717, 1.165) is 29.8 Å². The molecule has 0 aliphatic carbocycles.